The lowest BCUT2D eigenvalue weighted by molar-refractivity contribution is 0.0950. The summed E-state index contributed by atoms with van der Waals surface area (Å²) in [6, 6.07) is 5.18. The van der Waals surface area contributed by atoms with Crippen molar-refractivity contribution in [3.8, 4) is 5.88 Å². The third kappa shape index (κ3) is 3.74. The van der Waals surface area contributed by atoms with Crippen LogP contribution in [0, 0.1) is 6.92 Å². The van der Waals surface area contributed by atoms with E-state index in [0.29, 0.717) is 24.6 Å². The Balaban J connectivity index is 1.94. The van der Waals surface area contributed by atoms with Gasteiger partial charge in [0.05, 0.1) is 24.4 Å². The van der Waals surface area contributed by atoms with Crippen LogP contribution in [0.3, 0.4) is 0 Å². The van der Waals surface area contributed by atoms with Crippen molar-refractivity contribution >= 4 is 5.91 Å². The van der Waals surface area contributed by atoms with Gasteiger partial charge in [0.2, 0.25) is 5.88 Å². The van der Waals surface area contributed by atoms with E-state index in [1.54, 1.807) is 12.1 Å². The van der Waals surface area contributed by atoms with Crippen LogP contribution in [0.2, 0.25) is 0 Å². The molecule has 0 aliphatic carbocycles. The zero-order valence-electron chi connectivity index (χ0n) is 11.5. The van der Waals surface area contributed by atoms with E-state index in [-0.39, 0.29) is 5.91 Å². The molecule has 2 aromatic heterocycles. The fraction of sp³-hybridized carbons (Fsp3) is 0.286. The second kappa shape index (κ2) is 6.60. The number of amides is 1. The number of hydrogen-bond acceptors (Lipinski definition) is 5. The van der Waals surface area contributed by atoms with Crippen LogP contribution in [0.1, 0.15) is 28.7 Å². The Morgan fingerprint density at radius 2 is 2.15 bits per heavy atom. The molecule has 0 atom stereocenters. The van der Waals surface area contributed by atoms with Crippen molar-refractivity contribution in [3.63, 3.8) is 0 Å². The third-order valence-corrected chi connectivity index (χ3v) is 2.58. The lowest BCUT2D eigenvalue weighted by Gasteiger charge is -2.06. The minimum atomic E-state index is -0.197. The van der Waals surface area contributed by atoms with Crippen LogP contribution < -0.4 is 10.1 Å². The molecule has 20 heavy (non-hydrogen) atoms. The Morgan fingerprint density at radius 1 is 1.30 bits per heavy atom. The first-order valence-corrected chi connectivity index (χ1v) is 6.33. The third-order valence-electron chi connectivity index (χ3n) is 2.58. The van der Waals surface area contributed by atoms with Crippen LogP contribution in [-0.4, -0.2) is 27.5 Å². The van der Waals surface area contributed by atoms with Crippen LogP contribution in [0.15, 0.2) is 30.7 Å². The van der Waals surface area contributed by atoms with E-state index < -0.39 is 0 Å². The molecule has 6 nitrogen and oxygen atoms in total. The van der Waals surface area contributed by atoms with Gasteiger partial charge in [-0.2, -0.15) is 0 Å². The fourth-order valence-electron chi connectivity index (χ4n) is 1.63. The highest BCUT2D eigenvalue weighted by molar-refractivity contribution is 5.93. The summed E-state index contributed by atoms with van der Waals surface area (Å²) in [5.74, 6) is 0.312. The van der Waals surface area contributed by atoms with Crippen molar-refractivity contribution in [2.75, 3.05) is 6.61 Å². The molecule has 1 amide bonds. The van der Waals surface area contributed by atoms with Crippen molar-refractivity contribution < 1.29 is 9.53 Å². The summed E-state index contributed by atoms with van der Waals surface area (Å²) in [5, 5.41) is 2.78. The number of pyridine rings is 1. The Labute approximate surface area is 117 Å². The van der Waals surface area contributed by atoms with Crippen molar-refractivity contribution in [1.29, 1.82) is 0 Å². The predicted molar refractivity (Wildman–Crippen MR) is 73.3 cm³/mol. The van der Waals surface area contributed by atoms with Gasteiger partial charge in [0.1, 0.15) is 6.33 Å². The summed E-state index contributed by atoms with van der Waals surface area (Å²) >= 11 is 0. The summed E-state index contributed by atoms with van der Waals surface area (Å²) in [7, 11) is 0. The Bertz CT molecular complexity index is 584. The molecule has 0 bridgehead atoms. The first-order valence-electron chi connectivity index (χ1n) is 6.33. The lowest BCUT2D eigenvalue weighted by Crippen LogP contribution is -2.23. The summed E-state index contributed by atoms with van der Waals surface area (Å²) in [6.45, 7) is 4.66. The highest BCUT2D eigenvalue weighted by Crippen LogP contribution is 2.07. The maximum Gasteiger partial charge on any atom is 0.253 e. The Morgan fingerprint density at radius 3 is 2.80 bits per heavy atom. The monoisotopic (exact) mass is 272 g/mol. The fourth-order valence-corrected chi connectivity index (χ4v) is 1.63. The molecular weight excluding hydrogens is 256 g/mol. The van der Waals surface area contributed by atoms with Gasteiger partial charge in [0.15, 0.2) is 0 Å². The van der Waals surface area contributed by atoms with Crippen molar-refractivity contribution in [1.82, 2.24) is 20.3 Å². The predicted octanol–water partition coefficient (Wildman–Crippen LogP) is 1.51. The SMILES string of the molecule is CCOc1ccc(C(=O)NCc2cc(C)ncn2)cn1. The van der Waals surface area contributed by atoms with E-state index in [1.807, 2.05) is 19.9 Å². The highest BCUT2D eigenvalue weighted by atomic mass is 16.5. The molecule has 0 saturated heterocycles. The molecule has 6 heteroatoms. The van der Waals surface area contributed by atoms with E-state index in [4.69, 9.17) is 4.74 Å². The smallest absolute Gasteiger partial charge is 0.253 e. The molecule has 0 radical (unpaired) electrons. The summed E-state index contributed by atoms with van der Waals surface area (Å²) in [6.07, 6.45) is 2.97. The number of aromatic nitrogens is 3. The molecule has 0 aromatic carbocycles. The molecule has 0 fully saturated rings. The van der Waals surface area contributed by atoms with Gasteiger partial charge in [0.25, 0.3) is 5.91 Å². The minimum absolute atomic E-state index is 0.197. The van der Waals surface area contributed by atoms with Crippen molar-refractivity contribution in [3.05, 3.63) is 47.7 Å². The Kier molecular flexibility index (Phi) is 4.60. The average molecular weight is 272 g/mol. The minimum Gasteiger partial charge on any atom is -0.478 e. The quantitative estimate of drug-likeness (QED) is 0.892. The summed E-state index contributed by atoms with van der Waals surface area (Å²) < 4.78 is 5.22. The van der Waals surface area contributed by atoms with Gasteiger partial charge in [0, 0.05) is 18.0 Å². The van der Waals surface area contributed by atoms with Gasteiger partial charge in [-0.05, 0) is 26.0 Å². The van der Waals surface area contributed by atoms with Gasteiger partial charge in [-0.15, -0.1) is 0 Å². The molecule has 2 aromatic rings. The van der Waals surface area contributed by atoms with Gasteiger partial charge < -0.3 is 10.1 Å². The van der Waals surface area contributed by atoms with Crippen LogP contribution >= 0.6 is 0 Å². The summed E-state index contributed by atoms with van der Waals surface area (Å²) in [5.41, 5.74) is 2.12. The second-order valence-corrected chi connectivity index (χ2v) is 4.15. The van der Waals surface area contributed by atoms with E-state index >= 15 is 0 Å². The van der Waals surface area contributed by atoms with Crippen LogP contribution in [0.4, 0.5) is 0 Å². The molecule has 2 rings (SSSR count). The van der Waals surface area contributed by atoms with E-state index in [9.17, 15) is 4.79 Å². The average Bonchev–Trinajstić information content (AvgIpc) is 2.46. The first-order chi connectivity index (χ1) is 9.69. The van der Waals surface area contributed by atoms with Crippen LogP contribution in [0.25, 0.3) is 0 Å². The van der Waals surface area contributed by atoms with Crippen LogP contribution in [0.5, 0.6) is 5.88 Å². The number of hydrogen-bond donors (Lipinski definition) is 1. The van der Waals surface area contributed by atoms with Gasteiger partial charge >= 0.3 is 0 Å². The molecule has 2 heterocycles. The molecule has 1 N–H and O–H groups in total. The van der Waals surface area contributed by atoms with Crippen molar-refractivity contribution in [2.24, 2.45) is 0 Å². The number of aryl methyl sites for hydroxylation is 1. The zero-order valence-corrected chi connectivity index (χ0v) is 11.5. The summed E-state index contributed by atoms with van der Waals surface area (Å²) in [4.78, 5) is 24.1. The second-order valence-electron chi connectivity index (χ2n) is 4.15. The van der Waals surface area contributed by atoms with Gasteiger partial charge in [-0.25, -0.2) is 15.0 Å². The lowest BCUT2D eigenvalue weighted by atomic mass is 10.2. The van der Waals surface area contributed by atoms with E-state index in [2.05, 4.69) is 20.3 Å². The van der Waals surface area contributed by atoms with Gasteiger partial charge in [-0.3, -0.25) is 4.79 Å². The molecule has 0 saturated carbocycles. The zero-order chi connectivity index (χ0) is 14.4. The molecular formula is C14H16N4O2. The maximum atomic E-state index is 11.9. The largest absolute Gasteiger partial charge is 0.478 e. The standard InChI is InChI=1S/C14H16N4O2/c1-3-20-13-5-4-11(7-15-13)14(19)16-8-12-6-10(2)17-9-18-12/h4-7,9H,3,8H2,1-2H3,(H,16,19). The normalized spacial score (nSPS) is 10.1. The number of ether oxygens (including phenoxy) is 1. The number of nitrogens with zero attached hydrogens (tertiary/aromatic N) is 3. The number of rotatable bonds is 5. The van der Waals surface area contributed by atoms with E-state index in [0.717, 1.165) is 11.4 Å². The van der Waals surface area contributed by atoms with Crippen LogP contribution in [-0.2, 0) is 6.54 Å². The molecule has 0 unspecified atom stereocenters. The molecule has 0 spiro atoms. The molecule has 0 aliphatic heterocycles. The number of carbonyl (C=O) groups is 1. The maximum absolute atomic E-state index is 11.9. The topological polar surface area (TPSA) is 77.0 Å². The highest BCUT2D eigenvalue weighted by Gasteiger charge is 2.06. The van der Waals surface area contributed by atoms with Crippen molar-refractivity contribution in [2.45, 2.75) is 20.4 Å². The number of nitrogens with one attached hydrogen (secondary N) is 1. The number of carbonyl (C=O) groups excluding carboxylic acids is 1. The first kappa shape index (κ1) is 13.9. The van der Waals surface area contributed by atoms with E-state index in [1.165, 1.54) is 12.5 Å². The molecule has 0 aliphatic rings. The Hall–Kier alpha value is -2.50. The molecule has 104 valence electrons. The van der Waals surface area contributed by atoms with Gasteiger partial charge in [-0.1, -0.05) is 0 Å².